The molecule has 1 saturated carbocycles. The van der Waals surface area contributed by atoms with Gasteiger partial charge in [-0.2, -0.15) is 0 Å². The Morgan fingerprint density at radius 3 is 2.38 bits per heavy atom. The van der Waals surface area contributed by atoms with Crippen molar-refractivity contribution in [2.24, 2.45) is 0 Å². The van der Waals surface area contributed by atoms with E-state index in [4.69, 9.17) is 0 Å². The van der Waals surface area contributed by atoms with Gasteiger partial charge in [-0.25, -0.2) is 0 Å². The highest BCUT2D eigenvalue weighted by Crippen LogP contribution is 2.35. The van der Waals surface area contributed by atoms with Gasteiger partial charge < -0.3 is 5.11 Å². The first kappa shape index (κ1) is 11.9. The van der Waals surface area contributed by atoms with Gasteiger partial charge in [-0.05, 0) is 39.2 Å². The van der Waals surface area contributed by atoms with Crippen LogP contribution in [0.25, 0.3) is 0 Å². The molecule has 92 valence electrons. The second-order valence-corrected chi connectivity index (χ2v) is 5.52. The summed E-state index contributed by atoms with van der Waals surface area (Å²) in [5, 5.41) is 9.40. The first-order chi connectivity index (χ1) is 7.64. The van der Waals surface area contributed by atoms with Gasteiger partial charge in [-0.15, -0.1) is 0 Å². The van der Waals surface area contributed by atoms with Crippen molar-refractivity contribution >= 4 is 5.97 Å². The Labute approximate surface area is 97.8 Å². The van der Waals surface area contributed by atoms with E-state index in [0.717, 1.165) is 19.4 Å². The lowest BCUT2D eigenvalue weighted by Crippen LogP contribution is -2.52. The van der Waals surface area contributed by atoms with Crippen LogP contribution in [0.1, 0.15) is 58.3 Å². The third-order valence-electron chi connectivity index (χ3n) is 4.42. The van der Waals surface area contributed by atoms with Crippen molar-refractivity contribution in [1.29, 1.82) is 0 Å². The number of hydrogen-bond acceptors (Lipinski definition) is 2. The summed E-state index contributed by atoms with van der Waals surface area (Å²) in [4.78, 5) is 13.7. The number of carboxylic acid groups (broad SMARTS) is 1. The smallest absolute Gasteiger partial charge is 0.323 e. The van der Waals surface area contributed by atoms with Crippen LogP contribution in [-0.2, 0) is 4.79 Å². The molecule has 1 aliphatic carbocycles. The average Bonchev–Trinajstić information content (AvgIpc) is 2.51. The van der Waals surface area contributed by atoms with Gasteiger partial charge in [-0.3, -0.25) is 9.69 Å². The number of carboxylic acids is 1. The standard InChI is InChI=1S/C13H23NO2/c1-13(12(15)16)9-6-10-14(13)11-7-4-2-3-5-8-11/h11H,2-10H2,1H3,(H,15,16). The van der Waals surface area contributed by atoms with Gasteiger partial charge in [-0.1, -0.05) is 25.7 Å². The van der Waals surface area contributed by atoms with E-state index in [1.807, 2.05) is 6.92 Å². The molecule has 1 unspecified atom stereocenters. The highest BCUT2D eigenvalue weighted by Gasteiger charge is 2.45. The second-order valence-electron chi connectivity index (χ2n) is 5.52. The van der Waals surface area contributed by atoms with Crippen LogP contribution in [0.5, 0.6) is 0 Å². The molecule has 1 N–H and O–H groups in total. The summed E-state index contributed by atoms with van der Waals surface area (Å²) in [6.45, 7) is 2.89. The number of likely N-dealkylation sites (tertiary alicyclic amines) is 1. The van der Waals surface area contributed by atoms with Crippen molar-refractivity contribution in [2.75, 3.05) is 6.54 Å². The Hall–Kier alpha value is -0.570. The van der Waals surface area contributed by atoms with Crippen LogP contribution in [0.4, 0.5) is 0 Å². The minimum absolute atomic E-state index is 0.520. The van der Waals surface area contributed by atoms with Gasteiger partial charge in [0.2, 0.25) is 0 Å². The molecule has 0 bridgehead atoms. The van der Waals surface area contributed by atoms with Gasteiger partial charge in [0.1, 0.15) is 5.54 Å². The molecule has 0 radical (unpaired) electrons. The average molecular weight is 225 g/mol. The molecule has 1 aliphatic heterocycles. The van der Waals surface area contributed by atoms with Crippen molar-refractivity contribution in [3.63, 3.8) is 0 Å². The van der Waals surface area contributed by atoms with Gasteiger partial charge in [0.15, 0.2) is 0 Å². The minimum Gasteiger partial charge on any atom is -0.480 e. The Kier molecular flexibility index (Phi) is 3.53. The third kappa shape index (κ3) is 2.10. The maximum Gasteiger partial charge on any atom is 0.323 e. The van der Waals surface area contributed by atoms with E-state index in [1.165, 1.54) is 38.5 Å². The first-order valence-corrected chi connectivity index (χ1v) is 6.65. The van der Waals surface area contributed by atoms with Gasteiger partial charge in [0.05, 0.1) is 0 Å². The van der Waals surface area contributed by atoms with Crippen molar-refractivity contribution in [2.45, 2.75) is 69.9 Å². The predicted molar refractivity (Wildman–Crippen MR) is 63.5 cm³/mol. The molecule has 3 heteroatoms. The zero-order chi connectivity index (χ0) is 11.6. The lowest BCUT2D eigenvalue weighted by molar-refractivity contribution is -0.150. The number of hydrogen-bond donors (Lipinski definition) is 1. The molecule has 0 spiro atoms. The largest absolute Gasteiger partial charge is 0.480 e. The highest BCUT2D eigenvalue weighted by molar-refractivity contribution is 5.78. The molecule has 0 aromatic carbocycles. The van der Waals surface area contributed by atoms with E-state index in [0.29, 0.717) is 6.04 Å². The SMILES string of the molecule is CC1(C(=O)O)CCCN1C1CCCCCC1. The molecule has 0 amide bonds. The first-order valence-electron chi connectivity index (χ1n) is 6.65. The molecule has 3 nitrogen and oxygen atoms in total. The third-order valence-corrected chi connectivity index (χ3v) is 4.42. The van der Waals surface area contributed by atoms with Gasteiger partial charge >= 0.3 is 5.97 Å². The summed E-state index contributed by atoms with van der Waals surface area (Å²) in [7, 11) is 0. The topological polar surface area (TPSA) is 40.5 Å². The monoisotopic (exact) mass is 225 g/mol. The van der Waals surface area contributed by atoms with Crippen molar-refractivity contribution in [1.82, 2.24) is 4.90 Å². The Morgan fingerprint density at radius 1 is 1.19 bits per heavy atom. The zero-order valence-corrected chi connectivity index (χ0v) is 10.2. The molecule has 16 heavy (non-hydrogen) atoms. The Bertz CT molecular complexity index is 259. The summed E-state index contributed by atoms with van der Waals surface area (Å²) in [5.74, 6) is -0.630. The maximum absolute atomic E-state index is 11.4. The van der Waals surface area contributed by atoms with E-state index < -0.39 is 11.5 Å². The fraction of sp³-hybridized carbons (Fsp3) is 0.923. The fourth-order valence-electron chi connectivity index (χ4n) is 3.37. The molecule has 2 aliphatic rings. The van der Waals surface area contributed by atoms with E-state index in [-0.39, 0.29) is 0 Å². The van der Waals surface area contributed by atoms with Crippen LogP contribution < -0.4 is 0 Å². The van der Waals surface area contributed by atoms with Gasteiger partial charge in [0, 0.05) is 6.04 Å². The summed E-state index contributed by atoms with van der Waals surface area (Å²) in [5.41, 5.74) is -0.588. The lowest BCUT2D eigenvalue weighted by atomic mass is 9.95. The minimum atomic E-state index is -0.630. The van der Waals surface area contributed by atoms with E-state index in [2.05, 4.69) is 4.90 Å². The van der Waals surface area contributed by atoms with Crippen molar-refractivity contribution in [3.05, 3.63) is 0 Å². The number of carbonyl (C=O) groups is 1. The van der Waals surface area contributed by atoms with Crippen LogP contribution in [0.2, 0.25) is 0 Å². The molecule has 1 atom stereocenters. The summed E-state index contributed by atoms with van der Waals surface area (Å²) in [6.07, 6.45) is 9.46. The quantitative estimate of drug-likeness (QED) is 0.734. The van der Waals surface area contributed by atoms with Crippen LogP contribution in [0, 0.1) is 0 Å². The molecular weight excluding hydrogens is 202 g/mol. The number of nitrogens with zero attached hydrogens (tertiary/aromatic N) is 1. The van der Waals surface area contributed by atoms with Crippen molar-refractivity contribution in [3.8, 4) is 0 Å². The number of aliphatic carboxylic acids is 1. The van der Waals surface area contributed by atoms with E-state index in [9.17, 15) is 9.90 Å². The Balaban J connectivity index is 2.09. The maximum atomic E-state index is 11.4. The van der Waals surface area contributed by atoms with E-state index in [1.54, 1.807) is 0 Å². The Morgan fingerprint density at radius 2 is 1.81 bits per heavy atom. The zero-order valence-electron chi connectivity index (χ0n) is 10.2. The molecular formula is C13H23NO2. The molecule has 2 rings (SSSR count). The van der Waals surface area contributed by atoms with Crippen LogP contribution in [0.15, 0.2) is 0 Å². The van der Waals surface area contributed by atoms with Gasteiger partial charge in [0.25, 0.3) is 0 Å². The summed E-state index contributed by atoms with van der Waals surface area (Å²) < 4.78 is 0. The highest BCUT2D eigenvalue weighted by atomic mass is 16.4. The second kappa shape index (κ2) is 4.74. The summed E-state index contributed by atoms with van der Waals surface area (Å²) >= 11 is 0. The van der Waals surface area contributed by atoms with Crippen LogP contribution >= 0.6 is 0 Å². The van der Waals surface area contributed by atoms with Crippen LogP contribution in [-0.4, -0.2) is 34.1 Å². The molecule has 1 saturated heterocycles. The molecule has 0 aromatic rings. The fourth-order valence-corrected chi connectivity index (χ4v) is 3.37. The van der Waals surface area contributed by atoms with Crippen LogP contribution in [0.3, 0.4) is 0 Å². The lowest BCUT2D eigenvalue weighted by Gasteiger charge is -2.37. The predicted octanol–water partition coefficient (Wildman–Crippen LogP) is 2.65. The van der Waals surface area contributed by atoms with Crippen molar-refractivity contribution < 1.29 is 9.90 Å². The van der Waals surface area contributed by atoms with E-state index >= 15 is 0 Å². The summed E-state index contributed by atoms with van der Waals surface area (Å²) in [6, 6.07) is 0.520. The molecule has 0 aromatic heterocycles. The molecule has 1 heterocycles. The normalized spacial score (nSPS) is 33.8. The number of rotatable bonds is 2. The molecule has 2 fully saturated rings.